The van der Waals surface area contributed by atoms with Crippen LogP contribution in [0.1, 0.15) is 35.2 Å². The molecule has 1 saturated heterocycles. The number of pyridine rings is 2. The highest BCUT2D eigenvalue weighted by molar-refractivity contribution is 9.10. The van der Waals surface area contributed by atoms with E-state index in [1.165, 1.54) is 28.8 Å². The van der Waals surface area contributed by atoms with E-state index in [0.29, 0.717) is 40.1 Å². The van der Waals surface area contributed by atoms with Crippen molar-refractivity contribution in [2.75, 3.05) is 38.2 Å². The number of ketones is 1. The number of nitrogens with one attached hydrogen (secondary N) is 1. The second kappa shape index (κ2) is 13.7. The highest BCUT2D eigenvalue weighted by atomic mass is 79.9. The van der Waals surface area contributed by atoms with Crippen LogP contribution in [-0.4, -0.2) is 112 Å². The van der Waals surface area contributed by atoms with Gasteiger partial charge in [0.2, 0.25) is 11.8 Å². The maximum absolute atomic E-state index is 14.3. The maximum atomic E-state index is 14.3. The third-order valence-corrected chi connectivity index (χ3v) is 9.34. The first-order valence-electron chi connectivity index (χ1n) is 15.5. The first-order valence-corrected chi connectivity index (χ1v) is 16.3. The smallest absolute Gasteiger partial charge is 0.248 e. The Balaban J connectivity index is 1.34. The molecule has 0 aromatic carbocycles. The highest BCUT2D eigenvalue weighted by Crippen LogP contribution is 2.46. The van der Waals surface area contributed by atoms with Crippen molar-refractivity contribution in [1.82, 2.24) is 39.5 Å². The summed E-state index contributed by atoms with van der Waals surface area (Å²) >= 11 is 3.06. The van der Waals surface area contributed by atoms with Gasteiger partial charge in [-0.2, -0.15) is 5.10 Å². The largest absolute Gasteiger partial charge is 0.395 e. The lowest BCUT2D eigenvalue weighted by Gasteiger charge is -2.39. The van der Waals surface area contributed by atoms with Crippen LogP contribution in [0.15, 0.2) is 35.3 Å². The predicted molar refractivity (Wildman–Crippen MR) is 178 cm³/mol. The van der Waals surface area contributed by atoms with Crippen LogP contribution in [0.25, 0.3) is 22.2 Å². The molecular weight excluding hydrogens is 701 g/mol. The van der Waals surface area contributed by atoms with E-state index in [1.807, 2.05) is 4.90 Å². The Kier molecular flexibility index (Phi) is 9.54. The highest BCUT2D eigenvalue weighted by Gasteiger charge is 2.59. The minimum atomic E-state index is -1.02. The first kappa shape index (κ1) is 34.2. The maximum Gasteiger partial charge on any atom is 0.248 e. The Bertz CT molecular complexity index is 2020. The predicted octanol–water partition coefficient (Wildman–Crippen LogP) is 1.90. The average molecular weight is 735 g/mol. The number of carbonyl (C=O) groups is 3. The third-order valence-electron chi connectivity index (χ3n) is 8.78. The molecule has 3 N–H and O–H groups in total. The number of rotatable bonds is 12. The summed E-state index contributed by atoms with van der Waals surface area (Å²) in [7, 11) is 0. The van der Waals surface area contributed by atoms with E-state index in [2.05, 4.69) is 58.1 Å². The monoisotopic (exact) mass is 733 g/mol. The van der Waals surface area contributed by atoms with Gasteiger partial charge in [-0.05, 0) is 53.9 Å². The number of aliphatic hydroxyl groups excluding tert-OH is 2. The molecule has 3 atom stereocenters. The number of Topliss-reactive ketones (excluding diaryl/α,β-unsaturated/α-hetero) is 1. The molecule has 2 amide bonds. The van der Waals surface area contributed by atoms with Crippen LogP contribution in [0.3, 0.4) is 0 Å². The van der Waals surface area contributed by atoms with Gasteiger partial charge >= 0.3 is 0 Å². The average Bonchev–Trinajstić information content (AvgIpc) is 3.52. The molecule has 16 heteroatoms. The normalized spacial score (nSPS) is 19.4. The van der Waals surface area contributed by atoms with Gasteiger partial charge < -0.3 is 20.4 Å². The van der Waals surface area contributed by atoms with Crippen LogP contribution >= 0.6 is 15.9 Å². The minimum Gasteiger partial charge on any atom is -0.395 e. The number of hydrogen-bond donors (Lipinski definition) is 3. The molecule has 0 unspecified atom stereocenters. The molecule has 49 heavy (non-hydrogen) atoms. The van der Waals surface area contributed by atoms with Crippen molar-refractivity contribution in [2.24, 2.45) is 5.41 Å². The number of aliphatic hydroxyl groups is 2. The second-order valence-corrected chi connectivity index (χ2v) is 12.9. The fourth-order valence-corrected chi connectivity index (χ4v) is 6.66. The number of fused-ring (bicyclic) bond motifs is 2. The molecule has 0 saturated carbocycles. The van der Waals surface area contributed by atoms with Crippen LogP contribution in [-0.2, 0) is 16.1 Å². The zero-order valence-corrected chi connectivity index (χ0v) is 28.5. The minimum absolute atomic E-state index is 0.0743. The van der Waals surface area contributed by atoms with E-state index in [-0.39, 0.29) is 61.2 Å². The van der Waals surface area contributed by atoms with Crippen molar-refractivity contribution in [1.29, 1.82) is 0 Å². The van der Waals surface area contributed by atoms with Gasteiger partial charge in [0.15, 0.2) is 11.6 Å². The van der Waals surface area contributed by atoms with Crippen molar-refractivity contribution < 1.29 is 29.0 Å². The standard InChI is InChI=1S/C33H33BrFN9O5/c1-18-10-23(35)30(34)39-31(18)40-32(49)25-12-33(17-42(6-8-45)7-9-46)5-4-27(33)44(25)28(48)16-43-26-15-38-24(21-13-36-20(3)37-14-21)11-22(26)29(41-43)19(2)47/h10-11,13-15,25,27,45-46H,6-9,12,16-17H2,1-3H3,(H,39,40,49)/t25-,27+,33+/m0/s1. The number of anilines is 1. The first-order chi connectivity index (χ1) is 23.4. The van der Waals surface area contributed by atoms with Gasteiger partial charge in [0.1, 0.15) is 40.6 Å². The SMILES string of the molecule is CC(=O)c1nn(CC(=O)N2[C@H](C(=O)Nc3nc(Br)c(F)cc3C)C[C@@]3(CN(CCO)CCO)C#C[C@@H]23)c2cnc(-c3cnc(C)nc3)cc12. The number of hydrogen-bond acceptors (Lipinski definition) is 11. The molecule has 4 aromatic heterocycles. The molecule has 14 nitrogen and oxygen atoms in total. The second-order valence-electron chi connectivity index (χ2n) is 12.2. The lowest BCUT2D eigenvalue weighted by Crippen LogP contribution is -2.54. The van der Waals surface area contributed by atoms with Gasteiger partial charge in [0, 0.05) is 49.9 Å². The molecule has 0 spiro atoms. The number of aryl methyl sites for hydroxylation is 2. The fourth-order valence-electron chi connectivity index (χ4n) is 6.37. The molecule has 1 fully saturated rings. The zero-order valence-electron chi connectivity index (χ0n) is 26.9. The van der Waals surface area contributed by atoms with Crippen LogP contribution in [0.5, 0.6) is 0 Å². The van der Waals surface area contributed by atoms with Gasteiger partial charge in [-0.15, -0.1) is 0 Å². The van der Waals surface area contributed by atoms with Crippen molar-refractivity contribution >= 4 is 50.2 Å². The number of aromatic nitrogens is 6. The fraction of sp³-hybridized carbons (Fsp3) is 0.394. The summed E-state index contributed by atoms with van der Waals surface area (Å²) in [5.74, 6) is 5.06. The van der Waals surface area contributed by atoms with Crippen molar-refractivity contribution in [3.8, 4) is 23.1 Å². The molecule has 1 aliphatic carbocycles. The summed E-state index contributed by atoms with van der Waals surface area (Å²) in [6.07, 6.45) is 4.96. The number of amides is 2. The Morgan fingerprint density at radius 2 is 1.84 bits per heavy atom. The van der Waals surface area contributed by atoms with E-state index in [4.69, 9.17) is 0 Å². The molecule has 4 aromatic rings. The summed E-state index contributed by atoms with van der Waals surface area (Å²) < 4.78 is 15.4. The van der Waals surface area contributed by atoms with E-state index in [9.17, 15) is 29.0 Å². The van der Waals surface area contributed by atoms with E-state index in [1.54, 1.807) is 32.3 Å². The number of halogens is 2. The third kappa shape index (κ3) is 6.54. The molecule has 1 aliphatic heterocycles. The van der Waals surface area contributed by atoms with E-state index in [0.717, 1.165) is 0 Å². The lowest BCUT2D eigenvalue weighted by atomic mass is 9.73. The number of likely N-dealkylation sites (tertiary alicyclic amines) is 1. The summed E-state index contributed by atoms with van der Waals surface area (Å²) in [5, 5.41) is 27.0. The van der Waals surface area contributed by atoms with Crippen molar-refractivity contribution in [3.05, 3.63) is 58.2 Å². The quantitative estimate of drug-likeness (QED) is 0.110. The molecule has 6 rings (SSSR count). The van der Waals surface area contributed by atoms with Gasteiger partial charge in [0.05, 0.1) is 36.0 Å². The van der Waals surface area contributed by atoms with Crippen LogP contribution < -0.4 is 5.32 Å². The number of nitrogens with zero attached hydrogens (tertiary/aromatic N) is 8. The molecule has 0 radical (unpaired) electrons. The molecular formula is C33H33BrFN9O5. The molecule has 0 bridgehead atoms. The van der Waals surface area contributed by atoms with Crippen molar-refractivity contribution in [2.45, 2.75) is 45.8 Å². The zero-order chi connectivity index (χ0) is 35.0. The molecule has 2 aliphatic rings. The Morgan fingerprint density at radius 3 is 2.47 bits per heavy atom. The van der Waals surface area contributed by atoms with E-state index < -0.39 is 35.1 Å². The molecule has 254 valence electrons. The lowest BCUT2D eigenvalue weighted by molar-refractivity contribution is -0.138. The molecule has 5 heterocycles. The topological polar surface area (TPSA) is 180 Å². The number of carbonyl (C=O) groups excluding carboxylic acids is 3. The Hall–Kier alpha value is -4.69. The van der Waals surface area contributed by atoms with Gasteiger partial charge in [0.25, 0.3) is 0 Å². The van der Waals surface area contributed by atoms with Crippen LogP contribution in [0.2, 0.25) is 0 Å². The summed E-state index contributed by atoms with van der Waals surface area (Å²) in [6, 6.07) is 1.26. The Labute approximate surface area is 288 Å². The summed E-state index contributed by atoms with van der Waals surface area (Å²) in [6.45, 7) is 4.97. The van der Waals surface area contributed by atoms with E-state index >= 15 is 0 Å². The van der Waals surface area contributed by atoms with Crippen LogP contribution in [0.4, 0.5) is 10.2 Å². The Morgan fingerprint density at radius 1 is 1.12 bits per heavy atom. The van der Waals surface area contributed by atoms with Gasteiger partial charge in [-0.25, -0.2) is 19.3 Å². The van der Waals surface area contributed by atoms with Gasteiger partial charge in [-0.3, -0.25) is 28.9 Å². The van der Waals surface area contributed by atoms with Crippen LogP contribution in [0, 0.1) is 36.9 Å². The van der Waals surface area contributed by atoms with Crippen molar-refractivity contribution in [3.63, 3.8) is 0 Å². The van der Waals surface area contributed by atoms with Gasteiger partial charge in [-0.1, -0.05) is 11.8 Å². The summed E-state index contributed by atoms with van der Waals surface area (Å²) in [4.78, 5) is 61.3. The summed E-state index contributed by atoms with van der Waals surface area (Å²) in [5.41, 5.74) is 1.33.